The van der Waals surface area contributed by atoms with Gasteiger partial charge in [0.25, 0.3) is 5.56 Å². The van der Waals surface area contributed by atoms with Gasteiger partial charge >= 0.3 is 5.69 Å². The molecule has 3 aromatic rings. The Kier molecular flexibility index (Phi) is 6.60. The lowest BCUT2D eigenvalue weighted by Crippen LogP contribution is -2.40. The number of hydrogen-bond acceptors (Lipinski definition) is 5. The topological polar surface area (TPSA) is 71.7 Å². The second-order valence-corrected chi connectivity index (χ2v) is 6.48. The van der Waals surface area contributed by atoms with Crippen molar-refractivity contribution in [1.29, 1.82) is 0 Å². The summed E-state index contributed by atoms with van der Waals surface area (Å²) in [5.41, 5.74) is 0.673. The van der Waals surface area contributed by atoms with Crippen molar-refractivity contribution in [2.75, 3.05) is 20.8 Å². The van der Waals surface area contributed by atoms with Crippen LogP contribution in [0.1, 0.15) is 11.1 Å². The zero-order chi connectivity index (χ0) is 21.5. The van der Waals surface area contributed by atoms with Gasteiger partial charge in [-0.15, -0.1) is 6.42 Å². The number of benzene rings is 2. The molecule has 154 valence electrons. The molecule has 0 amide bonds. The van der Waals surface area contributed by atoms with E-state index in [-0.39, 0.29) is 25.4 Å². The highest BCUT2D eigenvalue weighted by Gasteiger charge is 2.14. The third-order valence-electron chi connectivity index (χ3n) is 4.53. The first-order chi connectivity index (χ1) is 14.5. The van der Waals surface area contributed by atoms with Gasteiger partial charge in [-0.25, -0.2) is 4.79 Å². The van der Waals surface area contributed by atoms with Crippen LogP contribution in [-0.4, -0.2) is 30.0 Å². The van der Waals surface area contributed by atoms with Crippen molar-refractivity contribution in [3.63, 3.8) is 0 Å². The number of methoxy groups -OCH3 is 2. The van der Waals surface area contributed by atoms with Gasteiger partial charge < -0.3 is 14.2 Å². The Bertz CT molecular complexity index is 1150. The molecule has 0 unspecified atom stereocenters. The van der Waals surface area contributed by atoms with Crippen LogP contribution in [0.5, 0.6) is 17.2 Å². The molecule has 0 aliphatic heterocycles. The molecule has 0 aliphatic carbocycles. The number of nitrogens with zero attached hydrogens (tertiary/aromatic N) is 2. The Morgan fingerprint density at radius 1 is 0.867 bits per heavy atom. The SMILES string of the molecule is C#CCOc1cn(Cc2ccc(OC)cc2)c(=O)n(Cc2ccc(OC)cc2)c1=O. The van der Waals surface area contributed by atoms with E-state index in [1.54, 1.807) is 38.5 Å². The van der Waals surface area contributed by atoms with Gasteiger partial charge in [-0.05, 0) is 35.4 Å². The third-order valence-corrected chi connectivity index (χ3v) is 4.53. The van der Waals surface area contributed by atoms with Gasteiger partial charge in [0.2, 0.25) is 5.75 Å². The van der Waals surface area contributed by atoms with Gasteiger partial charge in [-0.3, -0.25) is 13.9 Å². The van der Waals surface area contributed by atoms with Gasteiger partial charge in [0, 0.05) is 0 Å². The molecule has 1 heterocycles. The monoisotopic (exact) mass is 406 g/mol. The summed E-state index contributed by atoms with van der Waals surface area (Å²) in [5.74, 6) is 3.76. The summed E-state index contributed by atoms with van der Waals surface area (Å²) in [5, 5.41) is 0. The summed E-state index contributed by atoms with van der Waals surface area (Å²) in [6.45, 7) is 0.286. The van der Waals surface area contributed by atoms with Gasteiger partial charge in [-0.2, -0.15) is 0 Å². The molecular weight excluding hydrogens is 384 g/mol. The van der Waals surface area contributed by atoms with Crippen molar-refractivity contribution >= 4 is 0 Å². The van der Waals surface area contributed by atoms with Gasteiger partial charge in [0.15, 0.2) is 0 Å². The Labute approximate surface area is 174 Å². The van der Waals surface area contributed by atoms with Crippen LogP contribution < -0.4 is 25.5 Å². The maximum atomic E-state index is 13.1. The molecule has 1 aromatic heterocycles. The largest absolute Gasteiger partial charge is 0.497 e. The highest BCUT2D eigenvalue weighted by molar-refractivity contribution is 5.29. The average Bonchev–Trinajstić information content (AvgIpc) is 2.78. The van der Waals surface area contributed by atoms with Gasteiger partial charge in [-0.1, -0.05) is 30.2 Å². The molecule has 7 nitrogen and oxygen atoms in total. The number of aromatic nitrogens is 2. The molecule has 0 bridgehead atoms. The Morgan fingerprint density at radius 2 is 1.40 bits per heavy atom. The fourth-order valence-electron chi connectivity index (χ4n) is 2.94. The van der Waals surface area contributed by atoms with Crippen molar-refractivity contribution in [3.8, 4) is 29.6 Å². The lowest BCUT2D eigenvalue weighted by Gasteiger charge is -2.14. The first-order valence-corrected chi connectivity index (χ1v) is 9.22. The molecule has 3 rings (SSSR count). The van der Waals surface area contributed by atoms with Crippen LogP contribution in [-0.2, 0) is 13.1 Å². The normalized spacial score (nSPS) is 10.3. The van der Waals surface area contributed by atoms with Gasteiger partial charge in [0.1, 0.15) is 18.1 Å². The first kappa shape index (κ1) is 20.8. The van der Waals surface area contributed by atoms with Crippen molar-refractivity contribution in [3.05, 3.63) is 86.7 Å². The highest BCUT2D eigenvalue weighted by Crippen LogP contribution is 2.14. The van der Waals surface area contributed by atoms with Gasteiger partial charge in [0.05, 0.1) is 33.5 Å². The Morgan fingerprint density at radius 3 is 1.90 bits per heavy atom. The predicted octanol–water partition coefficient (Wildman–Crippen LogP) is 2.14. The van der Waals surface area contributed by atoms with Crippen LogP contribution in [0.4, 0.5) is 0 Å². The molecular formula is C23H22N2O5. The molecule has 0 aliphatic rings. The van der Waals surface area contributed by atoms with E-state index in [9.17, 15) is 9.59 Å². The van der Waals surface area contributed by atoms with Crippen molar-refractivity contribution in [1.82, 2.24) is 9.13 Å². The van der Waals surface area contributed by atoms with E-state index in [0.717, 1.165) is 15.7 Å². The van der Waals surface area contributed by atoms with Crippen molar-refractivity contribution in [2.24, 2.45) is 0 Å². The summed E-state index contributed by atoms with van der Waals surface area (Å²) < 4.78 is 18.3. The Hall–Kier alpha value is -3.92. The maximum Gasteiger partial charge on any atom is 0.331 e. The molecule has 2 aromatic carbocycles. The number of hydrogen-bond donors (Lipinski definition) is 0. The number of terminal acetylenes is 1. The fraction of sp³-hybridized carbons (Fsp3) is 0.217. The van der Waals surface area contributed by atoms with Crippen LogP contribution in [0, 0.1) is 12.3 Å². The summed E-state index contributed by atoms with van der Waals surface area (Å²) in [6.07, 6.45) is 6.66. The molecule has 0 radical (unpaired) electrons. The third kappa shape index (κ3) is 4.73. The predicted molar refractivity (Wildman–Crippen MR) is 113 cm³/mol. The average molecular weight is 406 g/mol. The minimum absolute atomic E-state index is 0.0228. The van der Waals surface area contributed by atoms with Crippen LogP contribution in [0.15, 0.2) is 64.3 Å². The zero-order valence-electron chi connectivity index (χ0n) is 16.8. The smallest absolute Gasteiger partial charge is 0.331 e. The zero-order valence-corrected chi connectivity index (χ0v) is 16.8. The molecule has 0 N–H and O–H groups in total. The molecule has 30 heavy (non-hydrogen) atoms. The molecule has 0 fully saturated rings. The molecule has 0 saturated carbocycles. The summed E-state index contributed by atoms with van der Waals surface area (Å²) >= 11 is 0. The first-order valence-electron chi connectivity index (χ1n) is 9.22. The standard InChI is InChI=1S/C23H22N2O5/c1-4-13-30-21-16-24(14-17-5-9-19(28-2)10-6-17)23(27)25(22(21)26)15-18-7-11-20(29-3)12-8-18/h1,5-12,16H,13-15H2,2-3H3. The molecule has 7 heteroatoms. The molecule has 0 spiro atoms. The number of ether oxygens (including phenoxy) is 3. The fourth-order valence-corrected chi connectivity index (χ4v) is 2.94. The summed E-state index contributed by atoms with van der Waals surface area (Å²) in [7, 11) is 3.16. The second-order valence-electron chi connectivity index (χ2n) is 6.48. The van der Waals surface area contributed by atoms with E-state index >= 15 is 0 Å². The van der Waals surface area contributed by atoms with E-state index in [1.807, 2.05) is 24.3 Å². The molecule has 0 saturated heterocycles. The second kappa shape index (κ2) is 9.52. The minimum atomic E-state index is -0.531. The van der Waals surface area contributed by atoms with Crippen molar-refractivity contribution in [2.45, 2.75) is 13.1 Å². The summed E-state index contributed by atoms with van der Waals surface area (Å²) in [6, 6.07) is 14.5. The van der Waals surface area contributed by atoms with E-state index in [0.29, 0.717) is 11.5 Å². The van der Waals surface area contributed by atoms with E-state index in [4.69, 9.17) is 20.6 Å². The summed E-state index contributed by atoms with van der Waals surface area (Å²) in [4.78, 5) is 25.9. The van der Waals surface area contributed by atoms with Crippen LogP contribution in [0.25, 0.3) is 0 Å². The van der Waals surface area contributed by atoms with Crippen LogP contribution in [0.3, 0.4) is 0 Å². The minimum Gasteiger partial charge on any atom is -0.497 e. The highest BCUT2D eigenvalue weighted by atomic mass is 16.5. The van der Waals surface area contributed by atoms with Crippen molar-refractivity contribution < 1.29 is 14.2 Å². The Balaban J connectivity index is 2.00. The maximum absolute atomic E-state index is 13.1. The van der Waals surface area contributed by atoms with Crippen LogP contribution in [0.2, 0.25) is 0 Å². The quantitative estimate of drug-likeness (QED) is 0.536. The van der Waals surface area contributed by atoms with Crippen LogP contribution >= 0.6 is 0 Å². The number of rotatable bonds is 8. The van der Waals surface area contributed by atoms with E-state index < -0.39 is 11.2 Å². The van der Waals surface area contributed by atoms with E-state index in [1.165, 1.54) is 10.8 Å². The lowest BCUT2D eigenvalue weighted by atomic mass is 10.2. The lowest BCUT2D eigenvalue weighted by molar-refractivity contribution is 0.352. The molecule has 0 atom stereocenters. The van der Waals surface area contributed by atoms with E-state index in [2.05, 4.69) is 5.92 Å².